The summed E-state index contributed by atoms with van der Waals surface area (Å²) in [5.41, 5.74) is 0.735. The van der Waals surface area contributed by atoms with Crippen LogP contribution in [0.3, 0.4) is 0 Å². The molecular weight excluding hydrogens is 414 g/mol. The highest BCUT2D eigenvalue weighted by Crippen LogP contribution is 2.32. The van der Waals surface area contributed by atoms with Crippen LogP contribution in [-0.4, -0.2) is 77.6 Å². The van der Waals surface area contributed by atoms with E-state index in [0.29, 0.717) is 24.2 Å². The lowest BCUT2D eigenvalue weighted by Gasteiger charge is -2.27. The second-order valence-electron chi connectivity index (χ2n) is 8.79. The van der Waals surface area contributed by atoms with Gasteiger partial charge in [0.15, 0.2) is 0 Å². The lowest BCUT2D eigenvalue weighted by Crippen LogP contribution is -2.54. The van der Waals surface area contributed by atoms with Crippen LogP contribution >= 0.6 is 0 Å². The number of nitrogens with one attached hydrogen (secondary N) is 3. The van der Waals surface area contributed by atoms with Gasteiger partial charge >= 0.3 is 0 Å². The number of amides is 5. The van der Waals surface area contributed by atoms with E-state index < -0.39 is 29.7 Å². The van der Waals surface area contributed by atoms with Crippen molar-refractivity contribution in [1.82, 2.24) is 20.4 Å². The van der Waals surface area contributed by atoms with Gasteiger partial charge in [-0.1, -0.05) is 6.07 Å². The van der Waals surface area contributed by atoms with Crippen LogP contribution in [0.1, 0.15) is 46.4 Å². The van der Waals surface area contributed by atoms with Gasteiger partial charge in [-0.2, -0.15) is 0 Å². The Morgan fingerprint density at radius 3 is 2.72 bits per heavy atom. The predicted octanol–water partition coefficient (Wildman–Crippen LogP) is -0.290. The maximum atomic E-state index is 13.1. The molecule has 1 aromatic rings. The summed E-state index contributed by atoms with van der Waals surface area (Å²) in [6.45, 7) is 2.40. The minimum absolute atomic E-state index is 0.00970. The Morgan fingerprint density at radius 1 is 1.09 bits per heavy atom. The van der Waals surface area contributed by atoms with Gasteiger partial charge in [0.05, 0.1) is 17.7 Å². The molecule has 3 fully saturated rings. The summed E-state index contributed by atoms with van der Waals surface area (Å²) < 4.78 is 0. The number of carbonyl (C=O) groups excluding carboxylic acids is 5. The highest BCUT2D eigenvalue weighted by molar-refractivity contribution is 6.25. The van der Waals surface area contributed by atoms with Gasteiger partial charge in [0.2, 0.25) is 17.7 Å². The summed E-state index contributed by atoms with van der Waals surface area (Å²) in [6, 6.07) is 4.14. The molecule has 1 aromatic carbocycles. The molecule has 5 rings (SSSR count). The molecule has 0 spiro atoms. The predicted molar refractivity (Wildman–Crippen MR) is 113 cm³/mol. The quantitative estimate of drug-likeness (QED) is 0.550. The van der Waals surface area contributed by atoms with Crippen molar-refractivity contribution in [2.24, 2.45) is 5.92 Å². The Bertz CT molecular complexity index is 1010. The fraction of sp³-hybridized carbons (Fsp3) is 0.500. The number of nitrogens with zero attached hydrogens (tertiary/aromatic N) is 2. The van der Waals surface area contributed by atoms with Crippen LogP contribution in [0.2, 0.25) is 0 Å². The molecule has 4 aliphatic heterocycles. The standard InChI is InChI=1S/C22H25N5O5/c28-17-7-6-16(20(30)25-17)27-21(31)13-4-1-5-14(19(13)22(27)32)24-9-18(29)26-10-12-3-2-8-23-15(12)11-26/h1,4-5,12,15-16,23-24H,2-3,6-11H2,(H,25,28,30)/t12-,15+,16?/m0/s1. The first-order valence-electron chi connectivity index (χ1n) is 11.0. The lowest BCUT2D eigenvalue weighted by atomic mass is 9.94. The third kappa shape index (κ3) is 3.44. The van der Waals surface area contributed by atoms with Crippen molar-refractivity contribution in [2.45, 2.75) is 37.8 Å². The highest BCUT2D eigenvalue weighted by Gasteiger charge is 2.45. The van der Waals surface area contributed by atoms with Crippen molar-refractivity contribution >= 4 is 35.2 Å². The van der Waals surface area contributed by atoms with E-state index >= 15 is 0 Å². The SMILES string of the molecule is O=C1CCC(N2C(=O)c3cccc(NCC(=O)N4C[C@@H]5CCCN[C@@H]5C4)c3C2=O)C(=O)N1. The van der Waals surface area contributed by atoms with Gasteiger partial charge < -0.3 is 15.5 Å². The number of hydrogen-bond acceptors (Lipinski definition) is 7. The minimum Gasteiger partial charge on any atom is -0.375 e. The van der Waals surface area contributed by atoms with Crippen molar-refractivity contribution in [3.8, 4) is 0 Å². The average Bonchev–Trinajstić information content (AvgIpc) is 3.32. The molecule has 168 valence electrons. The molecule has 10 heteroatoms. The van der Waals surface area contributed by atoms with Crippen molar-refractivity contribution in [3.63, 3.8) is 0 Å². The smallest absolute Gasteiger partial charge is 0.264 e. The normalized spacial score (nSPS) is 27.3. The summed E-state index contributed by atoms with van der Waals surface area (Å²) in [6.07, 6.45) is 2.41. The van der Waals surface area contributed by atoms with Gasteiger partial charge in [0.1, 0.15) is 6.04 Å². The molecule has 3 N–H and O–H groups in total. The van der Waals surface area contributed by atoms with E-state index in [0.717, 1.165) is 30.8 Å². The number of imide groups is 2. The zero-order chi connectivity index (χ0) is 22.4. The first-order chi connectivity index (χ1) is 15.4. The van der Waals surface area contributed by atoms with Crippen molar-refractivity contribution < 1.29 is 24.0 Å². The largest absolute Gasteiger partial charge is 0.375 e. The minimum atomic E-state index is -1.02. The number of hydrogen-bond donors (Lipinski definition) is 3. The summed E-state index contributed by atoms with van der Waals surface area (Å²) in [4.78, 5) is 65.3. The maximum absolute atomic E-state index is 13.1. The first-order valence-corrected chi connectivity index (χ1v) is 11.0. The molecule has 10 nitrogen and oxygen atoms in total. The van der Waals surface area contributed by atoms with E-state index in [9.17, 15) is 24.0 Å². The summed E-state index contributed by atoms with van der Waals surface area (Å²) in [5, 5.41) is 8.69. The van der Waals surface area contributed by atoms with E-state index in [1.165, 1.54) is 6.07 Å². The first kappa shape index (κ1) is 20.6. The van der Waals surface area contributed by atoms with Crippen LogP contribution in [0, 0.1) is 5.92 Å². The van der Waals surface area contributed by atoms with Gasteiger partial charge in [-0.15, -0.1) is 0 Å². The van der Waals surface area contributed by atoms with Gasteiger partial charge in [0.25, 0.3) is 11.8 Å². The molecule has 3 atom stereocenters. The molecule has 3 saturated heterocycles. The monoisotopic (exact) mass is 439 g/mol. The fourth-order valence-electron chi connectivity index (χ4n) is 5.20. The Labute approximate surface area is 184 Å². The van der Waals surface area contributed by atoms with Crippen molar-refractivity contribution in [2.75, 3.05) is 31.5 Å². The van der Waals surface area contributed by atoms with E-state index in [4.69, 9.17) is 0 Å². The zero-order valence-corrected chi connectivity index (χ0v) is 17.6. The third-order valence-corrected chi connectivity index (χ3v) is 6.85. The summed E-state index contributed by atoms with van der Waals surface area (Å²) in [5.74, 6) is -1.80. The Morgan fingerprint density at radius 2 is 1.94 bits per heavy atom. The summed E-state index contributed by atoms with van der Waals surface area (Å²) in [7, 11) is 0. The van der Waals surface area contributed by atoms with E-state index in [1.807, 2.05) is 4.90 Å². The molecule has 0 radical (unpaired) electrons. The molecule has 0 aromatic heterocycles. The number of anilines is 1. The van der Waals surface area contributed by atoms with Crippen LogP contribution < -0.4 is 16.0 Å². The fourth-order valence-corrected chi connectivity index (χ4v) is 5.20. The number of rotatable bonds is 4. The molecular formula is C22H25N5O5. The molecule has 5 amide bonds. The molecule has 1 unspecified atom stereocenters. The third-order valence-electron chi connectivity index (χ3n) is 6.85. The maximum Gasteiger partial charge on any atom is 0.264 e. The van der Waals surface area contributed by atoms with Gasteiger partial charge in [-0.3, -0.25) is 34.2 Å². The van der Waals surface area contributed by atoms with Crippen molar-refractivity contribution in [3.05, 3.63) is 29.3 Å². The van der Waals surface area contributed by atoms with Crippen LogP contribution in [0.4, 0.5) is 5.69 Å². The molecule has 0 saturated carbocycles. The Kier molecular flexibility index (Phi) is 5.16. The second-order valence-corrected chi connectivity index (χ2v) is 8.79. The number of benzene rings is 1. The van der Waals surface area contributed by atoms with Gasteiger partial charge in [0, 0.05) is 31.2 Å². The van der Waals surface area contributed by atoms with Crippen LogP contribution in [0.15, 0.2) is 18.2 Å². The zero-order valence-electron chi connectivity index (χ0n) is 17.6. The molecule has 4 heterocycles. The van der Waals surface area contributed by atoms with E-state index in [-0.39, 0.29) is 36.4 Å². The number of piperidine rings is 2. The van der Waals surface area contributed by atoms with E-state index in [1.54, 1.807) is 12.1 Å². The summed E-state index contributed by atoms with van der Waals surface area (Å²) >= 11 is 0. The molecule has 0 aliphatic carbocycles. The Hall–Kier alpha value is -3.27. The van der Waals surface area contributed by atoms with Gasteiger partial charge in [-0.05, 0) is 43.9 Å². The molecule has 32 heavy (non-hydrogen) atoms. The highest BCUT2D eigenvalue weighted by atomic mass is 16.2. The Balaban J connectivity index is 1.30. The topological polar surface area (TPSA) is 128 Å². The average molecular weight is 439 g/mol. The second kappa shape index (κ2) is 8.01. The number of likely N-dealkylation sites (tertiary alicyclic amines) is 1. The number of carbonyl (C=O) groups is 5. The van der Waals surface area contributed by atoms with Crippen molar-refractivity contribution in [1.29, 1.82) is 0 Å². The van der Waals surface area contributed by atoms with Crippen LogP contribution in [0.25, 0.3) is 0 Å². The van der Waals surface area contributed by atoms with Crippen LogP contribution in [0.5, 0.6) is 0 Å². The number of fused-ring (bicyclic) bond motifs is 2. The molecule has 0 bridgehead atoms. The van der Waals surface area contributed by atoms with Crippen LogP contribution in [-0.2, 0) is 14.4 Å². The lowest BCUT2D eigenvalue weighted by molar-refractivity contribution is -0.136. The molecule has 4 aliphatic rings. The van der Waals surface area contributed by atoms with E-state index in [2.05, 4.69) is 16.0 Å². The van der Waals surface area contributed by atoms with Gasteiger partial charge in [-0.25, -0.2) is 0 Å².